The number of nitrogens with zero attached hydrogens (tertiary/aromatic N) is 2. The third-order valence-electron chi connectivity index (χ3n) is 4.39. The van der Waals surface area contributed by atoms with Crippen molar-refractivity contribution in [2.75, 3.05) is 26.8 Å². The van der Waals surface area contributed by atoms with Gasteiger partial charge >= 0.3 is 5.97 Å². The van der Waals surface area contributed by atoms with Crippen molar-refractivity contribution in [3.8, 4) is 0 Å². The molecular formula is C16H20N2O6. The third kappa shape index (κ3) is 3.23. The summed E-state index contributed by atoms with van der Waals surface area (Å²) < 4.78 is 5.03. The monoisotopic (exact) mass is 336 g/mol. The minimum atomic E-state index is -1.18. The van der Waals surface area contributed by atoms with Gasteiger partial charge in [0.05, 0.1) is 11.5 Å². The van der Waals surface area contributed by atoms with Crippen LogP contribution >= 0.6 is 0 Å². The van der Waals surface area contributed by atoms with Crippen LogP contribution in [0.3, 0.4) is 0 Å². The maximum Gasteiger partial charge on any atom is 0.313 e. The molecule has 1 N–H and O–H groups in total. The largest absolute Gasteiger partial charge is 0.481 e. The first-order chi connectivity index (χ1) is 11.3. The second kappa shape index (κ2) is 6.96. The summed E-state index contributed by atoms with van der Waals surface area (Å²) >= 11 is 0. The Morgan fingerprint density at radius 3 is 2.75 bits per heavy atom. The zero-order valence-electron chi connectivity index (χ0n) is 13.7. The first-order valence-corrected chi connectivity index (χ1v) is 7.58. The molecule has 0 bridgehead atoms. The maximum atomic E-state index is 12.8. The number of benzene rings is 1. The van der Waals surface area contributed by atoms with Crippen LogP contribution in [0.5, 0.6) is 0 Å². The zero-order chi connectivity index (χ0) is 17.9. The number of aliphatic carboxylic acids is 1. The van der Waals surface area contributed by atoms with Gasteiger partial charge in [-0.15, -0.1) is 0 Å². The lowest BCUT2D eigenvalue weighted by Gasteiger charge is -2.39. The lowest BCUT2D eigenvalue weighted by atomic mass is 9.80. The molecule has 1 amide bonds. The van der Waals surface area contributed by atoms with Crippen LogP contribution in [-0.4, -0.2) is 53.6 Å². The number of nitro groups is 1. The van der Waals surface area contributed by atoms with Crippen LogP contribution in [0.2, 0.25) is 0 Å². The number of likely N-dealkylation sites (tertiary alicyclic amines) is 1. The van der Waals surface area contributed by atoms with Crippen molar-refractivity contribution in [2.24, 2.45) is 5.41 Å². The van der Waals surface area contributed by atoms with Gasteiger partial charge in [-0.05, 0) is 25.8 Å². The molecule has 0 spiro atoms. The van der Waals surface area contributed by atoms with Crippen molar-refractivity contribution in [3.63, 3.8) is 0 Å². The van der Waals surface area contributed by atoms with Gasteiger partial charge in [0, 0.05) is 25.8 Å². The fourth-order valence-electron chi connectivity index (χ4n) is 3.18. The van der Waals surface area contributed by atoms with Crippen LogP contribution in [0.15, 0.2) is 18.2 Å². The number of carbonyl (C=O) groups excluding carboxylic acids is 1. The SMILES string of the molecule is COCC1(C(=O)O)CCCN(C(=O)c2cccc(C)c2[N+](=O)[O-])C1. The van der Waals surface area contributed by atoms with Gasteiger partial charge in [-0.3, -0.25) is 19.7 Å². The molecule has 8 nitrogen and oxygen atoms in total. The van der Waals surface area contributed by atoms with Gasteiger partial charge < -0.3 is 14.7 Å². The average molecular weight is 336 g/mol. The van der Waals surface area contributed by atoms with E-state index in [9.17, 15) is 24.8 Å². The Bertz CT molecular complexity index is 671. The summed E-state index contributed by atoms with van der Waals surface area (Å²) in [5.41, 5.74) is -1.04. The molecule has 1 atom stereocenters. The lowest BCUT2D eigenvalue weighted by molar-refractivity contribution is -0.385. The molecule has 1 aromatic carbocycles. The van der Waals surface area contributed by atoms with Gasteiger partial charge in [0.2, 0.25) is 0 Å². The molecule has 0 aromatic heterocycles. The number of carbonyl (C=O) groups is 2. The maximum absolute atomic E-state index is 12.8. The van der Waals surface area contributed by atoms with E-state index in [0.717, 1.165) is 0 Å². The number of aryl methyl sites for hydroxylation is 1. The van der Waals surface area contributed by atoms with Gasteiger partial charge in [-0.1, -0.05) is 12.1 Å². The van der Waals surface area contributed by atoms with Crippen LogP contribution in [-0.2, 0) is 9.53 Å². The molecule has 0 aliphatic carbocycles. The van der Waals surface area contributed by atoms with E-state index in [2.05, 4.69) is 0 Å². The Hall–Kier alpha value is -2.48. The molecule has 130 valence electrons. The first kappa shape index (κ1) is 17.9. The molecule has 1 unspecified atom stereocenters. The summed E-state index contributed by atoms with van der Waals surface area (Å²) in [6.45, 7) is 1.89. The Labute approximate surface area is 139 Å². The van der Waals surface area contributed by atoms with Crippen LogP contribution in [0.1, 0.15) is 28.8 Å². The van der Waals surface area contributed by atoms with E-state index in [1.807, 2.05) is 0 Å². The van der Waals surface area contributed by atoms with Crippen molar-refractivity contribution in [2.45, 2.75) is 19.8 Å². The molecule has 1 heterocycles. The number of amides is 1. The van der Waals surface area contributed by atoms with E-state index in [-0.39, 0.29) is 24.4 Å². The van der Waals surface area contributed by atoms with Gasteiger partial charge in [-0.25, -0.2) is 0 Å². The molecule has 0 saturated carbocycles. The molecule has 1 aliphatic rings. The van der Waals surface area contributed by atoms with Crippen LogP contribution in [0.4, 0.5) is 5.69 Å². The number of methoxy groups -OCH3 is 1. The summed E-state index contributed by atoms with van der Waals surface area (Å²) in [7, 11) is 1.41. The van der Waals surface area contributed by atoms with E-state index < -0.39 is 22.2 Å². The van der Waals surface area contributed by atoms with Crippen molar-refractivity contribution in [1.82, 2.24) is 4.90 Å². The number of carboxylic acid groups (broad SMARTS) is 1. The van der Waals surface area contributed by atoms with Crippen molar-refractivity contribution >= 4 is 17.6 Å². The number of nitro benzene ring substituents is 1. The minimum Gasteiger partial charge on any atom is -0.481 e. The molecule has 1 fully saturated rings. The van der Waals surface area contributed by atoms with Crippen molar-refractivity contribution in [1.29, 1.82) is 0 Å². The van der Waals surface area contributed by atoms with E-state index in [0.29, 0.717) is 24.9 Å². The Morgan fingerprint density at radius 2 is 2.17 bits per heavy atom. The van der Waals surface area contributed by atoms with Gasteiger partial charge in [0.1, 0.15) is 11.0 Å². The normalized spacial score (nSPS) is 20.7. The van der Waals surface area contributed by atoms with E-state index in [4.69, 9.17) is 4.74 Å². The molecule has 8 heteroatoms. The predicted octanol–water partition coefficient (Wildman–Crippen LogP) is 1.86. The van der Waals surface area contributed by atoms with Crippen LogP contribution < -0.4 is 0 Å². The highest BCUT2D eigenvalue weighted by molar-refractivity contribution is 5.99. The average Bonchev–Trinajstić information content (AvgIpc) is 2.54. The fraction of sp³-hybridized carbons (Fsp3) is 0.500. The highest BCUT2D eigenvalue weighted by Crippen LogP contribution is 2.33. The topological polar surface area (TPSA) is 110 Å². The van der Waals surface area contributed by atoms with E-state index in [1.165, 1.54) is 18.1 Å². The number of piperidine rings is 1. The van der Waals surface area contributed by atoms with Crippen molar-refractivity contribution < 1.29 is 24.4 Å². The molecular weight excluding hydrogens is 316 g/mol. The lowest BCUT2D eigenvalue weighted by Crippen LogP contribution is -2.52. The van der Waals surface area contributed by atoms with Crippen LogP contribution in [0.25, 0.3) is 0 Å². The summed E-state index contributed by atoms with van der Waals surface area (Å²) in [5, 5.41) is 20.8. The van der Waals surface area contributed by atoms with Gasteiger partial charge in [0.25, 0.3) is 11.6 Å². The quantitative estimate of drug-likeness (QED) is 0.649. The number of rotatable bonds is 5. The highest BCUT2D eigenvalue weighted by Gasteiger charge is 2.44. The summed E-state index contributed by atoms with van der Waals surface area (Å²) in [6.07, 6.45) is 0.900. The predicted molar refractivity (Wildman–Crippen MR) is 84.9 cm³/mol. The summed E-state index contributed by atoms with van der Waals surface area (Å²) in [6, 6.07) is 4.55. The minimum absolute atomic E-state index is 0.0119. The van der Waals surface area contributed by atoms with Crippen LogP contribution in [0, 0.1) is 22.5 Å². The Balaban J connectivity index is 2.35. The van der Waals surface area contributed by atoms with E-state index >= 15 is 0 Å². The molecule has 1 saturated heterocycles. The zero-order valence-corrected chi connectivity index (χ0v) is 13.7. The number of ether oxygens (including phenoxy) is 1. The smallest absolute Gasteiger partial charge is 0.313 e. The number of carboxylic acids is 1. The van der Waals surface area contributed by atoms with Gasteiger partial charge in [-0.2, -0.15) is 0 Å². The number of hydrogen-bond acceptors (Lipinski definition) is 5. The molecule has 1 aliphatic heterocycles. The number of hydrogen-bond donors (Lipinski definition) is 1. The Morgan fingerprint density at radius 1 is 1.46 bits per heavy atom. The second-order valence-corrected chi connectivity index (χ2v) is 6.08. The Kier molecular flexibility index (Phi) is 5.18. The molecule has 1 aromatic rings. The molecule has 0 radical (unpaired) electrons. The highest BCUT2D eigenvalue weighted by atomic mass is 16.6. The van der Waals surface area contributed by atoms with Crippen molar-refractivity contribution in [3.05, 3.63) is 39.4 Å². The first-order valence-electron chi connectivity index (χ1n) is 7.58. The van der Waals surface area contributed by atoms with Gasteiger partial charge in [0.15, 0.2) is 0 Å². The second-order valence-electron chi connectivity index (χ2n) is 6.08. The number of para-hydroxylation sites is 1. The standard InChI is InChI=1S/C16H20N2O6/c1-11-5-3-6-12(13(11)18(22)23)14(19)17-8-4-7-16(9-17,10-24-2)15(20)21/h3,5-6H,4,7-10H2,1-2H3,(H,20,21). The molecule has 2 rings (SSSR count). The fourth-order valence-corrected chi connectivity index (χ4v) is 3.18. The summed E-state index contributed by atoms with van der Waals surface area (Å²) in [5.74, 6) is -1.55. The summed E-state index contributed by atoms with van der Waals surface area (Å²) in [4.78, 5) is 36.5. The third-order valence-corrected chi connectivity index (χ3v) is 4.39. The van der Waals surface area contributed by atoms with E-state index in [1.54, 1.807) is 19.1 Å². The molecule has 24 heavy (non-hydrogen) atoms.